The standard InChI is InChI=1S/C10H18O3/c1-4-5-13-10(7-11)8(2)6-9(3)12/h6,10-12H,3-5,7H2,1-2H3/b8-6+. The Balaban J connectivity index is 4.13. The van der Waals surface area contributed by atoms with Gasteiger partial charge in [0.25, 0.3) is 0 Å². The number of ether oxygens (including phenoxy) is 1. The van der Waals surface area contributed by atoms with Crippen LogP contribution in [0.4, 0.5) is 0 Å². The van der Waals surface area contributed by atoms with Gasteiger partial charge in [0.05, 0.1) is 6.61 Å². The van der Waals surface area contributed by atoms with E-state index in [1.165, 1.54) is 6.08 Å². The molecular formula is C10H18O3. The monoisotopic (exact) mass is 186 g/mol. The van der Waals surface area contributed by atoms with Crippen LogP contribution in [0.25, 0.3) is 0 Å². The van der Waals surface area contributed by atoms with Gasteiger partial charge in [-0.2, -0.15) is 0 Å². The molecule has 0 heterocycles. The van der Waals surface area contributed by atoms with Crippen molar-refractivity contribution in [1.82, 2.24) is 0 Å². The summed E-state index contributed by atoms with van der Waals surface area (Å²) in [5.41, 5.74) is 0.781. The molecule has 0 aliphatic rings. The van der Waals surface area contributed by atoms with Gasteiger partial charge in [-0.1, -0.05) is 13.5 Å². The number of hydrogen-bond acceptors (Lipinski definition) is 3. The molecule has 0 rings (SSSR count). The molecule has 0 spiro atoms. The van der Waals surface area contributed by atoms with E-state index in [0.717, 1.165) is 12.0 Å². The molecule has 3 heteroatoms. The molecule has 0 aromatic heterocycles. The maximum absolute atomic E-state index is 8.96. The normalized spacial score (nSPS) is 14.2. The predicted octanol–water partition coefficient (Wildman–Crippen LogP) is 1.79. The van der Waals surface area contributed by atoms with E-state index in [4.69, 9.17) is 14.9 Å². The van der Waals surface area contributed by atoms with Gasteiger partial charge in [-0.15, -0.1) is 0 Å². The summed E-state index contributed by atoms with van der Waals surface area (Å²) in [7, 11) is 0. The number of aliphatic hydroxyl groups is 2. The molecule has 2 N–H and O–H groups in total. The lowest BCUT2D eigenvalue weighted by molar-refractivity contribution is 0.0360. The Labute approximate surface area is 79.3 Å². The average molecular weight is 186 g/mol. The molecule has 0 saturated carbocycles. The minimum atomic E-state index is -0.330. The molecule has 0 bridgehead atoms. The van der Waals surface area contributed by atoms with Gasteiger partial charge < -0.3 is 14.9 Å². The van der Waals surface area contributed by atoms with Crippen LogP contribution in [0.5, 0.6) is 0 Å². The van der Waals surface area contributed by atoms with Crippen molar-refractivity contribution in [2.24, 2.45) is 0 Å². The van der Waals surface area contributed by atoms with Gasteiger partial charge in [-0.25, -0.2) is 0 Å². The summed E-state index contributed by atoms with van der Waals surface area (Å²) in [6, 6.07) is 0. The first kappa shape index (κ1) is 12.2. The zero-order valence-electron chi connectivity index (χ0n) is 8.29. The van der Waals surface area contributed by atoms with Crippen molar-refractivity contribution in [1.29, 1.82) is 0 Å². The van der Waals surface area contributed by atoms with E-state index in [2.05, 4.69) is 6.58 Å². The lowest BCUT2D eigenvalue weighted by Crippen LogP contribution is -2.19. The van der Waals surface area contributed by atoms with Crippen LogP contribution in [0.1, 0.15) is 20.3 Å². The van der Waals surface area contributed by atoms with Crippen LogP contribution in [0.15, 0.2) is 24.0 Å². The molecule has 1 unspecified atom stereocenters. The first-order valence-corrected chi connectivity index (χ1v) is 4.40. The summed E-state index contributed by atoms with van der Waals surface area (Å²) in [6.45, 7) is 7.65. The average Bonchev–Trinajstić information content (AvgIpc) is 2.04. The Bertz CT molecular complexity index is 185. The van der Waals surface area contributed by atoms with E-state index < -0.39 is 0 Å². The zero-order chi connectivity index (χ0) is 10.3. The third-order valence-electron chi connectivity index (χ3n) is 1.59. The Morgan fingerprint density at radius 1 is 1.62 bits per heavy atom. The molecule has 0 aromatic carbocycles. The van der Waals surface area contributed by atoms with E-state index in [1.807, 2.05) is 6.92 Å². The van der Waals surface area contributed by atoms with Crippen LogP contribution >= 0.6 is 0 Å². The van der Waals surface area contributed by atoms with Crippen LogP contribution < -0.4 is 0 Å². The van der Waals surface area contributed by atoms with Crippen molar-refractivity contribution in [3.63, 3.8) is 0 Å². The van der Waals surface area contributed by atoms with Crippen LogP contribution in [-0.4, -0.2) is 29.5 Å². The van der Waals surface area contributed by atoms with Gasteiger partial charge in [0.15, 0.2) is 0 Å². The fraction of sp³-hybridized carbons (Fsp3) is 0.600. The second-order valence-corrected chi connectivity index (χ2v) is 2.92. The minimum Gasteiger partial charge on any atom is -0.509 e. The first-order chi connectivity index (χ1) is 6.11. The molecule has 0 radical (unpaired) electrons. The van der Waals surface area contributed by atoms with Gasteiger partial charge in [0, 0.05) is 6.61 Å². The van der Waals surface area contributed by atoms with Gasteiger partial charge in [-0.05, 0) is 25.0 Å². The van der Waals surface area contributed by atoms with Gasteiger partial charge in [0.2, 0.25) is 0 Å². The maximum atomic E-state index is 8.96. The van der Waals surface area contributed by atoms with E-state index in [1.54, 1.807) is 6.92 Å². The zero-order valence-corrected chi connectivity index (χ0v) is 8.29. The lowest BCUT2D eigenvalue weighted by Gasteiger charge is -2.15. The minimum absolute atomic E-state index is 0.0175. The summed E-state index contributed by atoms with van der Waals surface area (Å²) in [5.74, 6) is -0.0175. The maximum Gasteiger partial charge on any atom is 0.108 e. The number of hydrogen-bond donors (Lipinski definition) is 2. The van der Waals surface area contributed by atoms with E-state index in [0.29, 0.717) is 6.61 Å². The highest BCUT2D eigenvalue weighted by Crippen LogP contribution is 2.08. The van der Waals surface area contributed by atoms with Crippen molar-refractivity contribution in [3.8, 4) is 0 Å². The highest BCUT2D eigenvalue weighted by Gasteiger charge is 2.09. The van der Waals surface area contributed by atoms with Crippen LogP contribution in [0.2, 0.25) is 0 Å². The van der Waals surface area contributed by atoms with Crippen molar-refractivity contribution < 1.29 is 14.9 Å². The smallest absolute Gasteiger partial charge is 0.108 e. The third kappa shape index (κ3) is 5.44. The quantitative estimate of drug-likeness (QED) is 0.491. The summed E-state index contributed by atoms with van der Waals surface area (Å²) < 4.78 is 5.33. The number of rotatable bonds is 6. The Morgan fingerprint density at radius 2 is 2.23 bits per heavy atom. The Hall–Kier alpha value is -0.800. The predicted molar refractivity (Wildman–Crippen MR) is 52.6 cm³/mol. The fourth-order valence-corrected chi connectivity index (χ4v) is 0.944. The Kier molecular flexibility index (Phi) is 6.28. The van der Waals surface area contributed by atoms with E-state index >= 15 is 0 Å². The molecule has 0 aliphatic heterocycles. The molecule has 3 nitrogen and oxygen atoms in total. The highest BCUT2D eigenvalue weighted by molar-refractivity contribution is 5.16. The van der Waals surface area contributed by atoms with Gasteiger partial charge >= 0.3 is 0 Å². The Morgan fingerprint density at radius 3 is 2.62 bits per heavy atom. The van der Waals surface area contributed by atoms with Crippen molar-refractivity contribution in [3.05, 3.63) is 24.0 Å². The van der Waals surface area contributed by atoms with Crippen LogP contribution in [0.3, 0.4) is 0 Å². The second-order valence-electron chi connectivity index (χ2n) is 2.92. The summed E-state index contributed by atoms with van der Waals surface area (Å²) >= 11 is 0. The molecule has 0 saturated heterocycles. The molecule has 0 aliphatic carbocycles. The summed E-state index contributed by atoms with van der Waals surface area (Å²) in [5, 5.41) is 17.8. The van der Waals surface area contributed by atoms with Gasteiger partial charge in [0.1, 0.15) is 11.9 Å². The summed E-state index contributed by atoms with van der Waals surface area (Å²) in [4.78, 5) is 0. The number of allylic oxidation sites excluding steroid dienone is 1. The largest absolute Gasteiger partial charge is 0.509 e. The molecule has 0 aromatic rings. The van der Waals surface area contributed by atoms with Crippen molar-refractivity contribution >= 4 is 0 Å². The topological polar surface area (TPSA) is 49.7 Å². The van der Waals surface area contributed by atoms with Gasteiger partial charge in [-0.3, -0.25) is 0 Å². The molecule has 0 fully saturated rings. The van der Waals surface area contributed by atoms with Crippen LogP contribution in [0, 0.1) is 0 Å². The SMILES string of the molecule is C=C(O)/C=C(\C)C(CO)OCCC. The molecule has 0 amide bonds. The summed E-state index contributed by atoms with van der Waals surface area (Å²) in [6.07, 6.45) is 2.07. The molecule has 13 heavy (non-hydrogen) atoms. The highest BCUT2D eigenvalue weighted by atomic mass is 16.5. The fourth-order valence-electron chi connectivity index (χ4n) is 0.944. The van der Waals surface area contributed by atoms with Crippen LogP contribution in [-0.2, 0) is 4.74 Å². The molecule has 76 valence electrons. The van der Waals surface area contributed by atoms with E-state index in [9.17, 15) is 0 Å². The first-order valence-electron chi connectivity index (χ1n) is 4.40. The molecule has 1 atom stereocenters. The third-order valence-corrected chi connectivity index (χ3v) is 1.59. The second kappa shape index (κ2) is 6.69. The van der Waals surface area contributed by atoms with Crippen molar-refractivity contribution in [2.75, 3.05) is 13.2 Å². The lowest BCUT2D eigenvalue weighted by atomic mass is 10.1. The molecular weight excluding hydrogens is 168 g/mol. The number of aliphatic hydroxyl groups excluding tert-OH is 2. The van der Waals surface area contributed by atoms with E-state index in [-0.39, 0.29) is 18.5 Å². The van der Waals surface area contributed by atoms with Crippen molar-refractivity contribution in [2.45, 2.75) is 26.4 Å².